The molecule has 0 amide bonds. The Morgan fingerprint density at radius 2 is 2.00 bits per heavy atom. The lowest BCUT2D eigenvalue weighted by atomic mass is 10.6. The molecule has 1 heterocycles. The average molecular weight is 235 g/mol. The highest BCUT2D eigenvalue weighted by Gasteiger charge is 2.28. The number of nitrogens with zero attached hydrogens (tertiary/aromatic N) is 3. The fraction of sp³-hybridized carbons (Fsp3) is 0.286. The first-order chi connectivity index (χ1) is 7.01. The zero-order valence-electron chi connectivity index (χ0n) is 7.15. The maximum Gasteiger partial charge on any atom is 0.422 e. The highest BCUT2D eigenvalue weighted by Crippen LogP contribution is 2.16. The lowest BCUT2D eigenvalue weighted by molar-refractivity contribution is -0.154. The highest BCUT2D eigenvalue weighted by atomic mass is 32.1. The van der Waals surface area contributed by atoms with Crippen LogP contribution in [-0.2, 0) is 0 Å². The van der Waals surface area contributed by atoms with Crippen LogP contribution in [0.4, 0.5) is 18.9 Å². The van der Waals surface area contributed by atoms with Crippen LogP contribution in [0.5, 0.6) is 6.01 Å². The molecule has 1 rings (SSSR count). The second-order valence-electron chi connectivity index (χ2n) is 2.33. The van der Waals surface area contributed by atoms with Crippen LogP contribution in [0.1, 0.15) is 0 Å². The molecule has 0 bridgehead atoms. The molecule has 0 aliphatic carbocycles. The van der Waals surface area contributed by atoms with Crippen LogP contribution >= 0.6 is 12.2 Å². The lowest BCUT2D eigenvalue weighted by Gasteiger charge is -2.06. The van der Waals surface area contributed by atoms with Gasteiger partial charge in [0.05, 0.1) is 17.6 Å². The van der Waals surface area contributed by atoms with Crippen molar-refractivity contribution in [3.8, 4) is 6.01 Å². The largest absolute Gasteiger partial charge is 0.454 e. The molecule has 0 aliphatic heterocycles. The number of hydrogen-bond acceptors (Lipinski definition) is 5. The molecule has 0 saturated carbocycles. The van der Waals surface area contributed by atoms with E-state index in [4.69, 9.17) is 0 Å². The predicted molar refractivity (Wildman–Crippen MR) is 48.3 cm³/mol. The van der Waals surface area contributed by atoms with Crippen LogP contribution < -0.4 is 4.74 Å². The maximum atomic E-state index is 11.7. The first-order valence-corrected chi connectivity index (χ1v) is 4.01. The summed E-state index contributed by atoms with van der Waals surface area (Å²) >= 11 is 4.31. The fourth-order valence-corrected chi connectivity index (χ4v) is 0.746. The Morgan fingerprint density at radius 3 is 2.47 bits per heavy atom. The standard InChI is InChI=1S/C7H4F3N3OS/c8-7(9,10)3-14-6-11-1-5(2-12-6)13-4-15/h1-2H,3H2. The molecule has 0 radical (unpaired) electrons. The number of hydrogen-bond donors (Lipinski definition) is 0. The lowest BCUT2D eigenvalue weighted by Crippen LogP contribution is -2.20. The van der Waals surface area contributed by atoms with Crippen molar-refractivity contribution in [3.63, 3.8) is 0 Å². The van der Waals surface area contributed by atoms with E-state index in [-0.39, 0.29) is 6.01 Å². The van der Waals surface area contributed by atoms with E-state index in [1.54, 1.807) is 0 Å². The fourth-order valence-electron chi connectivity index (χ4n) is 0.641. The van der Waals surface area contributed by atoms with Gasteiger partial charge in [0.1, 0.15) is 5.69 Å². The summed E-state index contributed by atoms with van der Waals surface area (Å²) in [5.41, 5.74) is 0.296. The summed E-state index contributed by atoms with van der Waals surface area (Å²) < 4.78 is 39.4. The monoisotopic (exact) mass is 235 g/mol. The minimum atomic E-state index is -4.41. The molecule has 0 atom stereocenters. The van der Waals surface area contributed by atoms with Gasteiger partial charge in [-0.15, -0.1) is 0 Å². The molecule has 1 aromatic rings. The van der Waals surface area contributed by atoms with Crippen LogP contribution in [0.2, 0.25) is 0 Å². The number of halogens is 3. The van der Waals surface area contributed by atoms with Crippen LogP contribution in [0.15, 0.2) is 17.4 Å². The molecule has 0 aliphatic rings. The molecule has 15 heavy (non-hydrogen) atoms. The van der Waals surface area contributed by atoms with Gasteiger partial charge in [-0.3, -0.25) is 0 Å². The van der Waals surface area contributed by atoms with Crippen molar-refractivity contribution in [3.05, 3.63) is 12.4 Å². The van der Waals surface area contributed by atoms with Crippen molar-refractivity contribution in [2.75, 3.05) is 6.61 Å². The Labute approximate surface area is 87.8 Å². The van der Waals surface area contributed by atoms with Crippen LogP contribution in [0.3, 0.4) is 0 Å². The van der Waals surface area contributed by atoms with Gasteiger partial charge in [0.15, 0.2) is 6.61 Å². The number of aliphatic imine (C=N–C) groups is 1. The number of ether oxygens (including phenoxy) is 1. The van der Waals surface area contributed by atoms with Crippen molar-refractivity contribution in [1.82, 2.24) is 9.97 Å². The molecule has 80 valence electrons. The van der Waals surface area contributed by atoms with Gasteiger partial charge in [-0.2, -0.15) is 18.2 Å². The minimum absolute atomic E-state index is 0.296. The number of rotatable bonds is 3. The molecule has 8 heteroatoms. The van der Waals surface area contributed by atoms with Gasteiger partial charge < -0.3 is 4.74 Å². The van der Waals surface area contributed by atoms with Crippen LogP contribution in [-0.4, -0.2) is 27.9 Å². The number of isothiocyanates is 1. The molecule has 0 unspecified atom stereocenters. The summed E-state index contributed by atoms with van der Waals surface area (Å²) in [6.45, 7) is -1.43. The van der Waals surface area contributed by atoms with Crippen molar-refractivity contribution < 1.29 is 17.9 Å². The van der Waals surface area contributed by atoms with Crippen molar-refractivity contribution >= 4 is 23.1 Å². The Bertz CT molecular complexity index is 372. The Balaban J connectivity index is 2.61. The zero-order chi connectivity index (χ0) is 11.3. The van der Waals surface area contributed by atoms with Crippen molar-refractivity contribution in [1.29, 1.82) is 0 Å². The molecule has 0 N–H and O–H groups in total. The summed E-state index contributed by atoms with van der Waals surface area (Å²) in [4.78, 5) is 10.5. The topological polar surface area (TPSA) is 47.4 Å². The third-order valence-electron chi connectivity index (χ3n) is 1.15. The molecule has 1 aromatic heterocycles. The molecule has 0 saturated heterocycles. The summed E-state index contributed by atoms with van der Waals surface area (Å²) in [5.74, 6) is 0. The SMILES string of the molecule is FC(F)(F)COc1ncc(N=C=S)cn1. The maximum absolute atomic E-state index is 11.7. The molecule has 0 fully saturated rings. The Hall–Kier alpha value is -1.53. The van der Waals surface area contributed by atoms with Crippen LogP contribution in [0.25, 0.3) is 0 Å². The normalized spacial score (nSPS) is 10.6. The van der Waals surface area contributed by atoms with Gasteiger partial charge in [-0.1, -0.05) is 0 Å². The summed E-state index contributed by atoms with van der Waals surface area (Å²) in [6.07, 6.45) is -2.05. The van der Waals surface area contributed by atoms with E-state index in [0.717, 1.165) is 0 Å². The Morgan fingerprint density at radius 1 is 1.40 bits per heavy atom. The molecule has 4 nitrogen and oxygen atoms in total. The minimum Gasteiger partial charge on any atom is -0.454 e. The Kier molecular flexibility index (Phi) is 3.70. The van der Waals surface area contributed by atoms with Gasteiger partial charge in [0.2, 0.25) is 0 Å². The van der Waals surface area contributed by atoms with E-state index in [1.807, 2.05) is 0 Å². The zero-order valence-corrected chi connectivity index (χ0v) is 7.97. The summed E-state index contributed by atoms with van der Waals surface area (Å²) in [5, 5.41) is 2.07. The van der Waals surface area contributed by atoms with E-state index >= 15 is 0 Å². The second kappa shape index (κ2) is 4.81. The third kappa shape index (κ3) is 4.48. The van der Waals surface area contributed by atoms with E-state index in [0.29, 0.717) is 5.69 Å². The summed E-state index contributed by atoms with van der Waals surface area (Å²) in [7, 11) is 0. The number of alkyl halides is 3. The highest BCUT2D eigenvalue weighted by molar-refractivity contribution is 7.78. The number of thiocarbonyl (C=S) groups is 1. The van der Waals surface area contributed by atoms with Crippen molar-refractivity contribution in [2.45, 2.75) is 6.18 Å². The van der Waals surface area contributed by atoms with Gasteiger partial charge in [-0.25, -0.2) is 9.97 Å². The molecule has 0 aromatic carbocycles. The van der Waals surface area contributed by atoms with E-state index in [1.165, 1.54) is 12.4 Å². The van der Waals surface area contributed by atoms with Gasteiger partial charge in [0.25, 0.3) is 0 Å². The van der Waals surface area contributed by atoms with Crippen molar-refractivity contribution in [2.24, 2.45) is 4.99 Å². The van der Waals surface area contributed by atoms with Gasteiger partial charge in [-0.05, 0) is 12.2 Å². The molecular weight excluding hydrogens is 231 g/mol. The molecular formula is C7H4F3N3OS. The quantitative estimate of drug-likeness (QED) is 0.595. The van der Waals surface area contributed by atoms with Gasteiger partial charge >= 0.3 is 12.2 Å². The smallest absolute Gasteiger partial charge is 0.422 e. The third-order valence-corrected chi connectivity index (χ3v) is 1.25. The first kappa shape index (κ1) is 11.5. The van der Waals surface area contributed by atoms with Crippen LogP contribution in [0, 0.1) is 0 Å². The van der Waals surface area contributed by atoms with E-state index in [9.17, 15) is 13.2 Å². The number of aromatic nitrogens is 2. The first-order valence-electron chi connectivity index (χ1n) is 3.61. The summed E-state index contributed by atoms with van der Waals surface area (Å²) in [6, 6.07) is -0.365. The average Bonchev–Trinajstić information content (AvgIpc) is 2.16. The predicted octanol–water partition coefficient (Wildman–Crippen LogP) is 2.15. The van der Waals surface area contributed by atoms with Gasteiger partial charge in [0, 0.05) is 0 Å². The second-order valence-corrected chi connectivity index (χ2v) is 2.51. The molecule has 0 spiro atoms. The van der Waals surface area contributed by atoms with E-state index in [2.05, 4.69) is 37.1 Å². The van der Waals surface area contributed by atoms with E-state index < -0.39 is 12.8 Å².